The minimum atomic E-state index is 0.00670. The lowest BCUT2D eigenvalue weighted by Crippen LogP contribution is -2.35. The number of aryl methyl sites for hydroxylation is 1. The van der Waals surface area contributed by atoms with E-state index in [4.69, 9.17) is 5.73 Å². The number of nitriles is 1. The van der Waals surface area contributed by atoms with E-state index in [9.17, 15) is 10.1 Å². The highest BCUT2D eigenvalue weighted by Gasteiger charge is 2.31. The van der Waals surface area contributed by atoms with Crippen molar-refractivity contribution in [1.82, 2.24) is 0 Å². The van der Waals surface area contributed by atoms with Gasteiger partial charge in [0.25, 0.3) is 0 Å². The topological polar surface area (TPSA) is 78.9 Å². The van der Waals surface area contributed by atoms with Gasteiger partial charge in [0, 0.05) is 10.8 Å². The van der Waals surface area contributed by atoms with E-state index >= 15 is 0 Å². The summed E-state index contributed by atoms with van der Waals surface area (Å²) in [6, 6.07) is 2.28. The van der Waals surface area contributed by atoms with Crippen molar-refractivity contribution in [2.24, 2.45) is 17.6 Å². The van der Waals surface area contributed by atoms with Crippen LogP contribution in [-0.2, 0) is 17.6 Å². The van der Waals surface area contributed by atoms with Crippen LogP contribution in [0, 0.1) is 23.2 Å². The summed E-state index contributed by atoms with van der Waals surface area (Å²) in [5, 5.41) is 13.2. The summed E-state index contributed by atoms with van der Waals surface area (Å²) in [4.78, 5) is 13.8. The Hall–Kier alpha value is -1.38. The first-order valence-electron chi connectivity index (χ1n) is 7.80. The highest BCUT2D eigenvalue weighted by atomic mass is 32.1. The molecule has 3 N–H and O–H groups in total. The van der Waals surface area contributed by atoms with Crippen LogP contribution in [-0.4, -0.2) is 12.5 Å². The number of carbonyl (C=O) groups excluding carboxylic acids is 1. The SMILES string of the molecule is N#Cc1c(NC(=O)C2CCCCC2CN)sc2c1CCC2. The van der Waals surface area contributed by atoms with Crippen LogP contribution in [0.2, 0.25) is 0 Å². The second-order valence-corrected chi connectivity index (χ2v) is 7.15. The predicted molar refractivity (Wildman–Crippen MR) is 84.2 cm³/mol. The van der Waals surface area contributed by atoms with E-state index in [1.165, 1.54) is 11.3 Å². The number of fused-ring (bicyclic) bond motifs is 1. The summed E-state index contributed by atoms with van der Waals surface area (Å²) in [7, 11) is 0. The number of rotatable bonds is 3. The van der Waals surface area contributed by atoms with Gasteiger partial charge in [-0.3, -0.25) is 4.79 Å². The van der Waals surface area contributed by atoms with E-state index in [1.54, 1.807) is 11.3 Å². The van der Waals surface area contributed by atoms with Crippen molar-refractivity contribution >= 4 is 22.2 Å². The van der Waals surface area contributed by atoms with Gasteiger partial charge < -0.3 is 11.1 Å². The maximum absolute atomic E-state index is 12.6. The monoisotopic (exact) mass is 303 g/mol. The number of hydrogen-bond donors (Lipinski definition) is 2. The molecule has 0 spiro atoms. The molecule has 1 amide bonds. The molecule has 0 bridgehead atoms. The molecule has 2 aliphatic rings. The molecule has 21 heavy (non-hydrogen) atoms. The molecule has 1 heterocycles. The molecule has 0 radical (unpaired) electrons. The number of nitrogens with zero attached hydrogens (tertiary/aromatic N) is 1. The van der Waals surface area contributed by atoms with Crippen molar-refractivity contribution in [3.63, 3.8) is 0 Å². The standard InChI is InChI=1S/C16H21N3OS/c17-8-10-4-1-2-5-11(10)15(20)19-16-13(9-18)12-6-3-7-14(12)21-16/h10-11H,1-8,17H2,(H,19,20). The lowest BCUT2D eigenvalue weighted by Gasteiger charge is -2.29. The molecule has 2 atom stereocenters. The van der Waals surface area contributed by atoms with Gasteiger partial charge in [0.05, 0.1) is 5.56 Å². The third-order valence-corrected chi connectivity index (χ3v) is 6.03. The number of carbonyl (C=O) groups is 1. The van der Waals surface area contributed by atoms with Crippen molar-refractivity contribution in [2.75, 3.05) is 11.9 Å². The summed E-state index contributed by atoms with van der Waals surface area (Å²) in [6.45, 7) is 0.574. The number of amides is 1. The smallest absolute Gasteiger partial charge is 0.228 e. The molecule has 0 aromatic carbocycles. The molecule has 0 saturated heterocycles. The minimum absolute atomic E-state index is 0.00670. The van der Waals surface area contributed by atoms with Crippen LogP contribution < -0.4 is 11.1 Å². The number of hydrogen-bond acceptors (Lipinski definition) is 4. The van der Waals surface area contributed by atoms with Crippen molar-refractivity contribution in [3.8, 4) is 6.07 Å². The third kappa shape index (κ3) is 2.70. The number of anilines is 1. The maximum atomic E-state index is 12.6. The third-order valence-electron chi connectivity index (χ3n) is 4.82. The lowest BCUT2D eigenvalue weighted by atomic mass is 9.79. The van der Waals surface area contributed by atoms with E-state index in [-0.39, 0.29) is 17.7 Å². The van der Waals surface area contributed by atoms with Gasteiger partial charge >= 0.3 is 0 Å². The molecule has 1 fully saturated rings. The lowest BCUT2D eigenvalue weighted by molar-refractivity contribution is -0.122. The van der Waals surface area contributed by atoms with E-state index < -0.39 is 0 Å². The summed E-state index contributed by atoms with van der Waals surface area (Å²) in [6.07, 6.45) is 7.37. The van der Waals surface area contributed by atoms with Gasteiger partial charge in [-0.15, -0.1) is 11.3 Å². The van der Waals surface area contributed by atoms with Gasteiger partial charge in [0.15, 0.2) is 0 Å². The number of nitrogens with one attached hydrogen (secondary N) is 1. The second-order valence-electron chi connectivity index (χ2n) is 6.05. The first-order valence-corrected chi connectivity index (χ1v) is 8.61. The van der Waals surface area contributed by atoms with Gasteiger partial charge in [-0.25, -0.2) is 0 Å². The van der Waals surface area contributed by atoms with E-state index in [0.29, 0.717) is 12.1 Å². The van der Waals surface area contributed by atoms with Crippen molar-refractivity contribution in [3.05, 3.63) is 16.0 Å². The Bertz CT molecular complexity index is 587. The molecule has 112 valence electrons. The summed E-state index contributed by atoms with van der Waals surface area (Å²) in [5.74, 6) is 0.352. The Morgan fingerprint density at radius 1 is 1.33 bits per heavy atom. The van der Waals surface area contributed by atoms with E-state index in [1.807, 2.05) is 0 Å². The minimum Gasteiger partial charge on any atom is -0.330 e. The molecule has 4 nitrogen and oxygen atoms in total. The molecule has 5 heteroatoms. The van der Waals surface area contributed by atoms with E-state index in [2.05, 4.69) is 11.4 Å². The zero-order valence-corrected chi connectivity index (χ0v) is 13.0. The fourth-order valence-corrected chi connectivity index (χ4v) is 4.89. The van der Waals surface area contributed by atoms with Crippen molar-refractivity contribution < 1.29 is 4.79 Å². The largest absolute Gasteiger partial charge is 0.330 e. The molecule has 1 aromatic rings. The molecule has 2 unspecified atom stereocenters. The molecule has 3 rings (SSSR count). The number of thiophene rings is 1. The predicted octanol–water partition coefficient (Wildman–Crippen LogP) is 2.81. The zero-order valence-electron chi connectivity index (χ0n) is 12.2. The van der Waals surface area contributed by atoms with Crippen LogP contribution in [0.4, 0.5) is 5.00 Å². The van der Waals surface area contributed by atoms with Crippen LogP contribution >= 0.6 is 11.3 Å². The molecule has 2 aliphatic carbocycles. The van der Waals surface area contributed by atoms with E-state index in [0.717, 1.165) is 49.1 Å². The Morgan fingerprint density at radius 2 is 2.14 bits per heavy atom. The van der Waals surface area contributed by atoms with Crippen LogP contribution in [0.25, 0.3) is 0 Å². The summed E-state index contributed by atoms with van der Waals surface area (Å²) in [5.41, 5.74) is 7.67. The fraction of sp³-hybridized carbons (Fsp3) is 0.625. The molecular weight excluding hydrogens is 282 g/mol. The van der Waals surface area contributed by atoms with Gasteiger partial charge in [-0.2, -0.15) is 5.26 Å². The van der Waals surface area contributed by atoms with Crippen molar-refractivity contribution in [1.29, 1.82) is 5.26 Å². The average Bonchev–Trinajstić information content (AvgIpc) is 3.07. The molecular formula is C16H21N3OS. The molecule has 0 aliphatic heterocycles. The average molecular weight is 303 g/mol. The normalized spacial score (nSPS) is 24.4. The quantitative estimate of drug-likeness (QED) is 0.901. The van der Waals surface area contributed by atoms with Crippen molar-refractivity contribution in [2.45, 2.75) is 44.9 Å². The fourth-order valence-electron chi connectivity index (χ4n) is 3.65. The Balaban J connectivity index is 1.77. The highest BCUT2D eigenvalue weighted by molar-refractivity contribution is 7.16. The second kappa shape index (κ2) is 6.17. The van der Waals surface area contributed by atoms with Gasteiger partial charge in [0.1, 0.15) is 11.1 Å². The Labute approximate surface area is 129 Å². The van der Waals surface area contributed by atoms with Crippen LogP contribution in [0.15, 0.2) is 0 Å². The van der Waals surface area contributed by atoms with Gasteiger partial charge in [-0.05, 0) is 50.1 Å². The van der Waals surface area contributed by atoms with Crippen LogP contribution in [0.3, 0.4) is 0 Å². The molecule has 1 saturated carbocycles. The van der Waals surface area contributed by atoms with Gasteiger partial charge in [-0.1, -0.05) is 12.8 Å². The Kier molecular flexibility index (Phi) is 4.27. The Morgan fingerprint density at radius 3 is 2.90 bits per heavy atom. The zero-order chi connectivity index (χ0) is 14.8. The number of nitrogens with two attached hydrogens (primary N) is 1. The summed E-state index contributed by atoms with van der Waals surface area (Å²) < 4.78 is 0. The first kappa shape index (κ1) is 14.6. The van der Waals surface area contributed by atoms with Gasteiger partial charge in [0.2, 0.25) is 5.91 Å². The molecule has 1 aromatic heterocycles. The van der Waals surface area contributed by atoms with Crippen LogP contribution in [0.1, 0.15) is 48.1 Å². The summed E-state index contributed by atoms with van der Waals surface area (Å²) >= 11 is 1.59. The highest BCUT2D eigenvalue weighted by Crippen LogP contribution is 2.39. The van der Waals surface area contributed by atoms with Crippen LogP contribution in [0.5, 0.6) is 0 Å². The first-order chi connectivity index (χ1) is 10.2. The maximum Gasteiger partial charge on any atom is 0.228 e.